The lowest BCUT2D eigenvalue weighted by Crippen LogP contribution is -2.24. The van der Waals surface area contributed by atoms with Crippen molar-refractivity contribution in [3.8, 4) is 0 Å². The van der Waals surface area contributed by atoms with Gasteiger partial charge in [-0.15, -0.1) is 0 Å². The summed E-state index contributed by atoms with van der Waals surface area (Å²) in [5.74, 6) is -0.741. The summed E-state index contributed by atoms with van der Waals surface area (Å²) in [6.45, 7) is 7.18. The van der Waals surface area contributed by atoms with E-state index in [0.717, 1.165) is 32.1 Å². The van der Waals surface area contributed by atoms with Crippen LogP contribution in [0.3, 0.4) is 0 Å². The Hall–Kier alpha value is -1.66. The van der Waals surface area contributed by atoms with Gasteiger partial charge in [-0.05, 0) is 39.5 Å². The average molecular weight is 439 g/mol. The molecule has 0 bridgehead atoms. The highest BCUT2D eigenvalue weighted by Crippen LogP contribution is 2.38. The van der Waals surface area contributed by atoms with Crippen LogP contribution in [-0.4, -0.2) is 46.6 Å². The second kappa shape index (κ2) is 15.2. The maximum atomic E-state index is 11.6. The zero-order valence-corrected chi connectivity index (χ0v) is 19.7. The van der Waals surface area contributed by atoms with E-state index in [2.05, 4.69) is 6.92 Å². The Morgan fingerprint density at radius 1 is 1.16 bits per heavy atom. The zero-order valence-electron chi connectivity index (χ0n) is 19.7. The largest absolute Gasteiger partial charge is 0.463 e. The molecule has 0 aromatic rings. The lowest BCUT2D eigenvalue weighted by molar-refractivity contribution is -0.148. The molecule has 6 nitrogen and oxygen atoms in total. The fourth-order valence-corrected chi connectivity index (χ4v) is 4.05. The molecule has 178 valence electrons. The number of allylic oxidation sites excluding steroid dienone is 2. The van der Waals surface area contributed by atoms with Crippen molar-refractivity contribution >= 4 is 11.9 Å². The van der Waals surface area contributed by atoms with Crippen LogP contribution in [-0.2, 0) is 19.1 Å². The van der Waals surface area contributed by atoms with Crippen molar-refractivity contribution in [1.29, 1.82) is 0 Å². The number of rotatable bonds is 14. The monoisotopic (exact) mass is 438 g/mol. The van der Waals surface area contributed by atoms with E-state index in [0.29, 0.717) is 25.7 Å². The molecule has 0 saturated heterocycles. The summed E-state index contributed by atoms with van der Waals surface area (Å²) in [6.07, 6.45) is 13.0. The highest BCUT2D eigenvalue weighted by molar-refractivity contribution is 5.69. The zero-order chi connectivity index (χ0) is 23.2. The summed E-state index contributed by atoms with van der Waals surface area (Å²) in [5, 5.41) is 20.7. The van der Waals surface area contributed by atoms with Crippen LogP contribution in [0.2, 0.25) is 0 Å². The van der Waals surface area contributed by atoms with Gasteiger partial charge in [-0.3, -0.25) is 9.59 Å². The molecule has 0 aromatic heterocycles. The third kappa shape index (κ3) is 11.5. The molecule has 0 aliphatic heterocycles. The number of ether oxygens (including phenoxy) is 2. The maximum Gasteiger partial charge on any atom is 0.306 e. The van der Waals surface area contributed by atoms with Crippen LogP contribution in [0.5, 0.6) is 0 Å². The van der Waals surface area contributed by atoms with Crippen molar-refractivity contribution in [3.05, 3.63) is 24.3 Å². The Morgan fingerprint density at radius 3 is 2.55 bits per heavy atom. The molecule has 0 heterocycles. The fourth-order valence-electron chi connectivity index (χ4n) is 4.05. The summed E-state index contributed by atoms with van der Waals surface area (Å²) in [4.78, 5) is 23.1. The topological polar surface area (TPSA) is 93.1 Å². The van der Waals surface area contributed by atoms with Crippen molar-refractivity contribution in [1.82, 2.24) is 0 Å². The number of hydrogen-bond donors (Lipinski definition) is 2. The second-order valence-electron chi connectivity index (χ2n) is 8.78. The van der Waals surface area contributed by atoms with Crippen molar-refractivity contribution in [2.24, 2.45) is 11.8 Å². The molecule has 0 spiro atoms. The first-order valence-electron chi connectivity index (χ1n) is 11.8. The summed E-state index contributed by atoms with van der Waals surface area (Å²) in [6, 6.07) is 0. The smallest absolute Gasteiger partial charge is 0.306 e. The van der Waals surface area contributed by atoms with E-state index in [9.17, 15) is 19.8 Å². The normalized spacial score (nSPS) is 24.9. The van der Waals surface area contributed by atoms with Crippen LogP contribution in [0.4, 0.5) is 0 Å². The molecule has 1 saturated carbocycles. The quantitative estimate of drug-likeness (QED) is 0.236. The van der Waals surface area contributed by atoms with Gasteiger partial charge in [0.05, 0.1) is 18.3 Å². The molecule has 1 unspecified atom stereocenters. The highest BCUT2D eigenvalue weighted by atomic mass is 16.5. The van der Waals surface area contributed by atoms with Crippen LogP contribution in [0, 0.1) is 11.8 Å². The number of unbranched alkanes of at least 4 members (excludes halogenated alkanes) is 3. The third-order valence-electron chi connectivity index (χ3n) is 5.56. The minimum Gasteiger partial charge on any atom is -0.463 e. The van der Waals surface area contributed by atoms with E-state index in [4.69, 9.17) is 9.47 Å². The Morgan fingerprint density at radius 2 is 1.90 bits per heavy atom. The Labute approximate surface area is 187 Å². The van der Waals surface area contributed by atoms with Gasteiger partial charge in [0, 0.05) is 31.6 Å². The molecule has 1 aliphatic carbocycles. The van der Waals surface area contributed by atoms with Crippen molar-refractivity contribution < 1.29 is 29.3 Å². The molecular weight excluding hydrogens is 396 g/mol. The maximum absolute atomic E-state index is 11.6. The fraction of sp³-hybridized carbons (Fsp3) is 0.760. The summed E-state index contributed by atoms with van der Waals surface area (Å²) in [5.41, 5.74) is 0. The van der Waals surface area contributed by atoms with Crippen LogP contribution >= 0.6 is 0 Å². The van der Waals surface area contributed by atoms with Crippen LogP contribution < -0.4 is 0 Å². The van der Waals surface area contributed by atoms with E-state index in [1.807, 2.05) is 32.1 Å². The molecule has 1 rings (SSSR count). The standard InChI is InChI=1S/C25H42O6/c1-5-6-9-12-20(27)15-16-21-22(24(17-23(21)28)31-19(4)26)13-10-7-8-11-14-25(29)30-18(2)3/h7,10,15-16,18,20-24,27-28H,5-6,8-9,11-14,17H2,1-4H3/b10-7-,16-15+/t20-,21+,22+,23+,24?/m0/s1. The summed E-state index contributed by atoms with van der Waals surface area (Å²) < 4.78 is 10.6. The number of aliphatic hydroxyl groups is 2. The van der Waals surface area contributed by atoms with Crippen LogP contribution in [0.25, 0.3) is 0 Å². The minimum atomic E-state index is -0.604. The van der Waals surface area contributed by atoms with Gasteiger partial charge in [-0.25, -0.2) is 0 Å². The molecule has 1 fully saturated rings. The van der Waals surface area contributed by atoms with E-state index in [1.54, 1.807) is 6.08 Å². The van der Waals surface area contributed by atoms with E-state index in [1.165, 1.54) is 6.92 Å². The van der Waals surface area contributed by atoms with Gasteiger partial charge in [-0.2, -0.15) is 0 Å². The third-order valence-corrected chi connectivity index (χ3v) is 5.56. The van der Waals surface area contributed by atoms with Gasteiger partial charge in [0.2, 0.25) is 0 Å². The molecule has 6 heteroatoms. The number of carbonyl (C=O) groups excluding carboxylic acids is 2. The molecule has 5 atom stereocenters. The van der Waals surface area contributed by atoms with Gasteiger partial charge in [0.15, 0.2) is 0 Å². The Bertz CT molecular complexity index is 583. The Balaban J connectivity index is 2.61. The first-order chi connectivity index (χ1) is 14.7. The molecule has 0 aromatic carbocycles. The number of carbonyl (C=O) groups is 2. The predicted molar refractivity (Wildman–Crippen MR) is 121 cm³/mol. The van der Waals surface area contributed by atoms with E-state index in [-0.39, 0.29) is 36.0 Å². The first kappa shape index (κ1) is 27.4. The van der Waals surface area contributed by atoms with Gasteiger partial charge in [0.1, 0.15) is 6.10 Å². The summed E-state index contributed by atoms with van der Waals surface area (Å²) in [7, 11) is 0. The highest BCUT2D eigenvalue weighted by Gasteiger charge is 2.42. The van der Waals surface area contributed by atoms with Gasteiger partial charge in [-0.1, -0.05) is 50.5 Å². The SMILES string of the molecule is CCCCC[C@H](O)/C=C/[C@H]1[C@H](O)CC(OC(C)=O)[C@@H]1C/C=C\CCCC(=O)OC(C)C. The molecule has 1 aliphatic rings. The Kier molecular flexibility index (Phi) is 13.4. The van der Waals surface area contributed by atoms with E-state index < -0.39 is 12.2 Å². The van der Waals surface area contributed by atoms with Crippen LogP contribution in [0.15, 0.2) is 24.3 Å². The predicted octanol–water partition coefficient (Wildman–Crippen LogP) is 4.48. The minimum absolute atomic E-state index is 0.0415. The first-order valence-corrected chi connectivity index (χ1v) is 11.8. The lowest BCUT2D eigenvalue weighted by atomic mass is 9.89. The molecule has 31 heavy (non-hydrogen) atoms. The number of esters is 2. The van der Waals surface area contributed by atoms with Gasteiger partial charge in [0.25, 0.3) is 0 Å². The average Bonchev–Trinajstić information content (AvgIpc) is 2.96. The van der Waals surface area contributed by atoms with Gasteiger partial charge < -0.3 is 19.7 Å². The molecular formula is C25H42O6. The summed E-state index contributed by atoms with van der Waals surface area (Å²) >= 11 is 0. The van der Waals surface area contributed by atoms with Crippen LogP contribution in [0.1, 0.15) is 85.5 Å². The number of hydrogen-bond acceptors (Lipinski definition) is 6. The molecule has 0 radical (unpaired) electrons. The van der Waals surface area contributed by atoms with Crippen molar-refractivity contribution in [2.75, 3.05) is 0 Å². The van der Waals surface area contributed by atoms with E-state index >= 15 is 0 Å². The molecule has 2 N–H and O–H groups in total. The van der Waals surface area contributed by atoms with Crippen molar-refractivity contribution in [2.45, 2.75) is 110 Å². The lowest BCUT2D eigenvalue weighted by Gasteiger charge is -2.22. The second-order valence-corrected chi connectivity index (χ2v) is 8.78. The number of aliphatic hydroxyl groups excluding tert-OH is 2. The van der Waals surface area contributed by atoms with Gasteiger partial charge >= 0.3 is 11.9 Å². The molecule has 0 amide bonds. The van der Waals surface area contributed by atoms with Crippen molar-refractivity contribution in [3.63, 3.8) is 0 Å².